The molecule has 0 unspecified atom stereocenters. The van der Waals surface area contributed by atoms with Gasteiger partial charge in [0.1, 0.15) is 22.7 Å². The summed E-state index contributed by atoms with van der Waals surface area (Å²) in [4.78, 5) is 22.2. The van der Waals surface area contributed by atoms with Crippen LogP contribution in [0.2, 0.25) is 0 Å². The van der Waals surface area contributed by atoms with Crippen molar-refractivity contribution >= 4 is 22.8 Å². The Morgan fingerprint density at radius 2 is 1.85 bits per heavy atom. The molecule has 4 heterocycles. The van der Waals surface area contributed by atoms with Crippen LogP contribution in [0.4, 0.5) is 13.2 Å². The number of nitrogens with zero attached hydrogens (tertiary/aromatic N) is 8. The molecule has 0 spiro atoms. The molecule has 4 aromatic heterocycles. The number of rotatable bonds is 8. The molecule has 0 saturated heterocycles. The molecule has 40 heavy (non-hydrogen) atoms. The predicted molar refractivity (Wildman–Crippen MR) is 144 cm³/mol. The number of halogens is 3. The summed E-state index contributed by atoms with van der Waals surface area (Å²) in [6.45, 7) is 2.56. The summed E-state index contributed by atoms with van der Waals surface area (Å²) < 4.78 is 48.5. The lowest BCUT2D eigenvalue weighted by Crippen LogP contribution is -2.05. The van der Waals surface area contributed by atoms with Crippen LogP contribution >= 0.6 is 11.8 Å². The predicted octanol–water partition coefficient (Wildman–Crippen LogP) is 5.84. The van der Waals surface area contributed by atoms with Gasteiger partial charge in [0.2, 0.25) is 5.88 Å². The van der Waals surface area contributed by atoms with Crippen LogP contribution in [-0.2, 0) is 19.3 Å². The van der Waals surface area contributed by atoms with Crippen LogP contribution in [0.3, 0.4) is 0 Å². The van der Waals surface area contributed by atoms with Crippen molar-refractivity contribution < 1.29 is 17.9 Å². The number of aryl methyl sites for hydroxylation is 1. The van der Waals surface area contributed by atoms with Gasteiger partial charge in [-0.15, -0.1) is 11.8 Å². The molecule has 13 heteroatoms. The number of methoxy groups -OCH3 is 1. The quantitative estimate of drug-likeness (QED) is 0.216. The van der Waals surface area contributed by atoms with Gasteiger partial charge in [0, 0.05) is 30.4 Å². The Bertz CT molecular complexity index is 1690. The molecule has 0 radical (unpaired) electrons. The summed E-state index contributed by atoms with van der Waals surface area (Å²) in [6.07, 6.45) is 3.86. The molecule has 1 saturated carbocycles. The molecular formula is C27H25F3N8OS. The normalized spacial score (nSPS) is 13.8. The molecule has 1 aromatic carbocycles. The summed E-state index contributed by atoms with van der Waals surface area (Å²) in [6, 6.07) is 7.29. The summed E-state index contributed by atoms with van der Waals surface area (Å²) >= 11 is 1.50. The van der Waals surface area contributed by atoms with E-state index in [2.05, 4.69) is 19.9 Å². The van der Waals surface area contributed by atoms with Crippen LogP contribution < -0.4 is 4.74 Å². The van der Waals surface area contributed by atoms with E-state index in [1.165, 1.54) is 22.7 Å². The first-order valence-electron chi connectivity index (χ1n) is 12.7. The van der Waals surface area contributed by atoms with Crippen LogP contribution in [0, 0.1) is 0 Å². The molecule has 1 aliphatic carbocycles. The standard InChI is InChI=1S/C27H25F3N8OS/c1-4-37-13-19(27(28,29)30)34-23(37)17-7-5-15(6-8-17)12-38-24-18(26(36-38)40-3)11-31-22(35-24)20-21(16-9-10-16)32-14-33-25(20)39-2/h5-8,11,13-14,16H,4,9-10,12H2,1-3H3. The molecule has 9 nitrogen and oxygen atoms in total. The van der Waals surface area contributed by atoms with Crippen molar-refractivity contribution in [1.29, 1.82) is 0 Å². The van der Waals surface area contributed by atoms with Gasteiger partial charge in [0.25, 0.3) is 0 Å². The third kappa shape index (κ3) is 4.78. The third-order valence-electron chi connectivity index (χ3n) is 6.82. The molecule has 1 aliphatic rings. The zero-order valence-corrected chi connectivity index (χ0v) is 22.8. The van der Waals surface area contributed by atoms with Crippen LogP contribution in [0.25, 0.3) is 33.8 Å². The molecule has 0 aliphatic heterocycles. The maximum Gasteiger partial charge on any atom is 0.434 e. The van der Waals surface area contributed by atoms with E-state index in [0.717, 1.165) is 40.7 Å². The summed E-state index contributed by atoms with van der Waals surface area (Å²) in [5, 5.41) is 6.38. The lowest BCUT2D eigenvalue weighted by Gasteiger charge is -2.11. The number of aromatic nitrogens is 8. The van der Waals surface area contributed by atoms with Gasteiger partial charge in [-0.25, -0.2) is 29.6 Å². The van der Waals surface area contributed by atoms with Crippen molar-refractivity contribution in [1.82, 2.24) is 39.3 Å². The average Bonchev–Trinajstić information content (AvgIpc) is 3.62. The van der Waals surface area contributed by atoms with Crippen molar-refractivity contribution in [2.24, 2.45) is 0 Å². The number of benzene rings is 1. The van der Waals surface area contributed by atoms with E-state index in [-0.39, 0.29) is 5.82 Å². The number of alkyl halides is 3. The van der Waals surface area contributed by atoms with Crippen LogP contribution in [-0.4, -0.2) is 52.6 Å². The Morgan fingerprint density at radius 3 is 2.50 bits per heavy atom. The molecule has 206 valence electrons. The van der Waals surface area contributed by atoms with Crippen LogP contribution in [0.15, 0.2) is 48.0 Å². The average molecular weight is 567 g/mol. The van der Waals surface area contributed by atoms with Gasteiger partial charge in [-0.05, 0) is 31.6 Å². The van der Waals surface area contributed by atoms with Crippen LogP contribution in [0.5, 0.6) is 5.88 Å². The molecule has 0 N–H and O–H groups in total. The monoisotopic (exact) mass is 566 g/mol. The maximum atomic E-state index is 13.2. The fourth-order valence-electron chi connectivity index (χ4n) is 4.68. The fourth-order valence-corrected chi connectivity index (χ4v) is 5.23. The minimum absolute atomic E-state index is 0.276. The lowest BCUT2D eigenvalue weighted by atomic mass is 10.1. The Hall–Kier alpha value is -4.00. The number of fused-ring (bicyclic) bond motifs is 1. The number of thioether (sulfide) groups is 1. The van der Waals surface area contributed by atoms with Crippen molar-refractivity contribution in [2.75, 3.05) is 13.4 Å². The van der Waals surface area contributed by atoms with E-state index >= 15 is 0 Å². The fraction of sp³-hybridized carbons (Fsp3) is 0.333. The molecule has 0 bridgehead atoms. The largest absolute Gasteiger partial charge is 0.480 e. The van der Waals surface area contributed by atoms with Gasteiger partial charge in [-0.2, -0.15) is 18.3 Å². The first-order valence-corrected chi connectivity index (χ1v) is 13.9. The highest BCUT2D eigenvalue weighted by Crippen LogP contribution is 2.45. The van der Waals surface area contributed by atoms with Gasteiger partial charge >= 0.3 is 6.18 Å². The van der Waals surface area contributed by atoms with E-state index < -0.39 is 11.9 Å². The Labute approximate surface area is 231 Å². The number of hydrogen-bond donors (Lipinski definition) is 0. The SMILES string of the molecule is CCn1cc(C(F)(F)F)nc1-c1ccc(Cn2nc(SC)c3cnc(-c4c(OC)ncnc4C4CC4)nc32)cc1. The minimum atomic E-state index is -4.50. The minimum Gasteiger partial charge on any atom is -0.480 e. The summed E-state index contributed by atoms with van der Waals surface area (Å²) in [5.74, 6) is 1.52. The van der Waals surface area contributed by atoms with Crippen molar-refractivity contribution in [3.63, 3.8) is 0 Å². The molecular weight excluding hydrogens is 541 g/mol. The second-order valence-corrected chi connectivity index (χ2v) is 10.2. The highest BCUT2D eigenvalue weighted by molar-refractivity contribution is 7.98. The lowest BCUT2D eigenvalue weighted by molar-refractivity contribution is -0.140. The Morgan fingerprint density at radius 1 is 1.07 bits per heavy atom. The second kappa shape index (κ2) is 10.2. The van der Waals surface area contributed by atoms with Crippen molar-refractivity contribution in [3.05, 3.63) is 59.9 Å². The maximum absolute atomic E-state index is 13.2. The number of imidazole rings is 1. The highest BCUT2D eigenvalue weighted by atomic mass is 32.2. The summed E-state index contributed by atoms with van der Waals surface area (Å²) in [7, 11) is 1.57. The van der Waals surface area contributed by atoms with Crippen molar-refractivity contribution in [3.8, 4) is 28.7 Å². The molecule has 5 aromatic rings. The third-order valence-corrected chi connectivity index (χ3v) is 7.51. The number of hydrogen-bond acceptors (Lipinski definition) is 8. The van der Waals surface area contributed by atoms with Gasteiger partial charge in [-0.1, -0.05) is 24.3 Å². The topological polar surface area (TPSA) is 96.4 Å². The van der Waals surface area contributed by atoms with Gasteiger partial charge in [-0.3, -0.25) is 0 Å². The van der Waals surface area contributed by atoms with E-state index in [1.807, 2.05) is 23.1 Å². The zero-order chi connectivity index (χ0) is 28.0. The van der Waals surface area contributed by atoms with E-state index in [9.17, 15) is 13.2 Å². The Kier molecular flexibility index (Phi) is 6.69. The molecule has 1 fully saturated rings. The smallest absolute Gasteiger partial charge is 0.434 e. The molecule has 0 amide bonds. The van der Waals surface area contributed by atoms with E-state index in [0.29, 0.717) is 47.5 Å². The highest BCUT2D eigenvalue weighted by Gasteiger charge is 2.35. The first-order chi connectivity index (χ1) is 19.3. The Balaban J connectivity index is 1.36. The van der Waals surface area contributed by atoms with E-state index in [4.69, 9.17) is 14.8 Å². The van der Waals surface area contributed by atoms with Gasteiger partial charge in [0.15, 0.2) is 17.2 Å². The zero-order valence-electron chi connectivity index (χ0n) is 22.0. The second-order valence-electron chi connectivity index (χ2n) is 9.45. The molecule has 0 atom stereocenters. The summed E-state index contributed by atoms with van der Waals surface area (Å²) in [5.41, 5.74) is 2.85. The van der Waals surface area contributed by atoms with Crippen molar-refractivity contribution in [2.45, 2.75) is 50.0 Å². The van der Waals surface area contributed by atoms with Gasteiger partial charge < -0.3 is 9.30 Å². The number of ether oxygens (including phenoxy) is 1. The van der Waals surface area contributed by atoms with Gasteiger partial charge in [0.05, 0.1) is 24.7 Å². The van der Waals surface area contributed by atoms with E-state index in [1.54, 1.807) is 32.4 Å². The first kappa shape index (κ1) is 26.2. The molecule has 6 rings (SSSR count). The van der Waals surface area contributed by atoms with Crippen LogP contribution in [0.1, 0.15) is 42.6 Å².